The van der Waals surface area contributed by atoms with Crippen molar-refractivity contribution in [2.24, 2.45) is 22.6 Å². The maximum atomic E-state index is 14.0. The predicted octanol–water partition coefficient (Wildman–Crippen LogP) is 4.02. The van der Waals surface area contributed by atoms with Gasteiger partial charge in [-0.15, -0.1) is 0 Å². The molecule has 37 heavy (non-hydrogen) atoms. The van der Waals surface area contributed by atoms with E-state index < -0.39 is 67.1 Å². The van der Waals surface area contributed by atoms with Crippen molar-refractivity contribution < 1.29 is 36.3 Å². The number of nitrogens with one attached hydrogen (secondary N) is 2. The largest absolute Gasteiger partial charge is 0.389 e. The Morgan fingerprint density at radius 1 is 1.03 bits per heavy atom. The van der Waals surface area contributed by atoms with Crippen LogP contribution in [0.1, 0.15) is 37.3 Å². The molecule has 3 rings (SSSR count). The van der Waals surface area contributed by atoms with Crippen LogP contribution >= 0.6 is 0 Å². The third kappa shape index (κ3) is 7.58. The lowest BCUT2D eigenvalue weighted by atomic mass is 9.83. The molecule has 0 saturated carbocycles. The monoisotopic (exact) mass is 524 g/mol. The summed E-state index contributed by atoms with van der Waals surface area (Å²) in [6.07, 6.45) is -10.1. The van der Waals surface area contributed by atoms with Crippen LogP contribution in [0, 0.1) is 11.8 Å². The van der Waals surface area contributed by atoms with E-state index in [-0.39, 0.29) is 0 Å². The zero-order valence-electron chi connectivity index (χ0n) is 19.7. The van der Waals surface area contributed by atoms with Crippen LogP contribution in [0.15, 0.2) is 59.6 Å². The van der Waals surface area contributed by atoms with Crippen LogP contribution in [0.25, 0.3) is 0 Å². The molecule has 12 heteroatoms. The van der Waals surface area contributed by atoms with E-state index in [1.807, 2.05) is 0 Å². The molecule has 2 aromatic carbocycles. The molecule has 198 valence electrons. The first-order valence-corrected chi connectivity index (χ1v) is 11.3. The highest BCUT2D eigenvalue weighted by Gasteiger charge is 2.42. The summed E-state index contributed by atoms with van der Waals surface area (Å²) in [5, 5.41) is 4.84. The van der Waals surface area contributed by atoms with Gasteiger partial charge in [-0.2, -0.15) is 13.2 Å². The topological polar surface area (TPSA) is 114 Å². The van der Waals surface area contributed by atoms with Crippen molar-refractivity contribution in [1.29, 1.82) is 0 Å². The lowest BCUT2D eigenvalue weighted by molar-refractivity contribution is -0.148. The van der Waals surface area contributed by atoms with Gasteiger partial charge in [-0.3, -0.25) is 14.4 Å². The Morgan fingerprint density at radius 2 is 1.65 bits per heavy atom. The maximum Gasteiger partial charge on any atom is 0.389 e. The fraction of sp³-hybridized carbons (Fsp3) is 0.360. The Labute approximate surface area is 209 Å². The fourth-order valence-electron chi connectivity index (χ4n) is 4.09. The molecule has 7 nitrogen and oxygen atoms in total. The number of halogens is 5. The van der Waals surface area contributed by atoms with Gasteiger partial charge in [0.05, 0.1) is 17.3 Å². The number of amides is 3. The van der Waals surface area contributed by atoms with Crippen LogP contribution in [-0.2, 0) is 14.4 Å². The van der Waals surface area contributed by atoms with Crippen molar-refractivity contribution in [2.45, 2.75) is 44.5 Å². The molecule has 3 atom stereocenters. The van der Waals surface area contributed by atoms with E-state index in [9.17, 15) is 36.3 Å². The normalized spacial score (nSPS) is 17.5. The number of rotatable bonds is 9. The number of benzene rings is 2. The van der Waals surface area contributed by atoms with Crippen molar-refractivity contribution in [3.63, 3.8) is 0 Å². The molecular weight excluding hydrogens is 499 g/mol. The number of hydrogen-bond acceptors (Lipinski definition) is 4. The van der Waals surface area contributed by atoms with Gasteiger partial charge >= 0.3 is 6.18 Å². The molecule has 1 aliphatic heterocycles. The Bertz CT molecular complexity index is 1180. The van der Waals surface area contributed by atoms with Crippen molar-refractivity contribution in [3.05, 3.63) is 65.7 Å². The van der Waals surface area contributed by atoms with Gasteiger partial charge in [0.1, 0.15) is 0 Å². The lowest BCUT2D eigenvalue weighted by Gasteiger charge is -2.27. The first kappa shape index (κ1) is 27.8. The van der Waals surface area contributed by atoms with E-state index in [4.69, 9.17) is 5.73 Å². The number of carbonyl (C=O) groups excluding carboxylic acids is 3. The fourth-order valence-corrected chi connectivity index (χ4v) is 4.09. The van der Waals surface area contributed by atoms with Gasteiger partial charge in [0.15, 0.2) is 0 Å². The summed E-state index contributed by atoms with van der Waals surface area (Å²) in [6.45, 7) is 0.468. The smallest absolute Gasteiger partial charge is 0.369 e. The second-order valence-electron chi connectivity index (χ2n) is 8.83. The quantitative estimate of drug-likeness (QED) is 0.431. The number of nitrogens with two attached hydrogens (primary N) is 1. The standard InChI is InChI=1S/C25H25F5N4O3/c1-24(26,27)13-17(15(20(31)35)11-12-25(28,29)30)22(36)34-21-23(37)32-18-10-6-5-9-16(18)19(33-21)14-7-3-2-4-8-14/h2-10,15,17,21H,11-13H2,1H3,(H2,31,35)(H,32,37)(H,34,36)/t15-,17?,21?/m0/s1. The lowest BCUT2D eigenvalue weighted by Crippen LogP contribution is -2.49. The van der Waals surface area contributed by atoms with Crippen LogP contribution < -0.4 is 16.4 Å². The van der Waals surface area contributed by atoms with Crippen LogP contribution in [-0.4, -0.2) is 41.7 Å². The summed E-state index contributed by atoms with van der Waals surface area (Å²) in [6, 6.07) is 15.3. The minimum atomic E-state index is -4.70. The molecular formula is C25H25F5N4O3. The Kier molecular flexibility index (Phi) is 8.29. The van der Waals surface area contributed by atoms with E-state index in [0.717, 1.165) is 0 Å². The summed E-state index contributed by atoms with van der Waals surface area (Å²) in [4.78, 5) is 42.4. The third-order valence-corrected chi connectivity index (χ3v) is 5.78. The number of hydrogen-bond donors (Lipinski definition) is 3. The summed E-state index contributed by atoms with van der Waals surface area (Å²) in [5.74, 6) is -10.7. The van der Waals surface area contributed by atoms with Crippen LogP contribution in [0.3, 0.4) is 0 Å². The molecule has 2 aromatic rings. The molecule has 0 spiro atoms. The Hall–Kier alpha value is -3.83. The number of carbonyl (C=O) groups is 3. The number of fused-ring (bicyclic) bond motifs is 1. The molecule has 1 aliphatic rings. The van der Waals surface area contributed by atoms with Crippen LogP contribution in [0.2, 0.25) is 0 Å². The number of benzodiazepines with no additional fused rings is 1. The number of primary amides is 1. The summed E-state index contributed by atoms with van der Waals surface area (Å²) >= 11 is 0. The molecule has 3 amide bonds. The highest BCUT2D eigenvalue weighted by atomic mass is 19.4. The molecule has 0 bridgehead atoms. The van der Waals surface area contributed by atoms with Gasteiger partial charge < -0.3 is 16.4 Å². The molecule has 0 radical (unpaired) electrons. The molecule has 0 saturated heterocycles. The molecule has 0 aromatic heterocycles. The zero-order chi connectivity index (χ0) is 27.4. The van der Waals surface area contributed by atoms with E-state index in [1.165, 1.54) is 0 Å². The molecule has 1 heterocycles. The van der Waals surface area contributed by atoms with E-state index in [1.54, 1.807) is 54.6 Å². The van der Waals surface area contributed by atoms with E-state index in [0.29, 0.717) is 29.4 Å². The Morgan fingerprint density at radius 3 is 2.24 bits per heavy atom. The van der Waals surface area contributed by atoms with Crippen molar-refractivity contribution in [1.82, 2.24) is 5.32 Å². The Balaban J connectivity index is 1.98. The SMILES string of the molecule is CC(F)(F)CC(C(=O)NC1N=C(c2ccccc2)c2ccccc2NC1=O)[C@H](CCC(F)(F)F)C(N)=O. The van der Waals surface area contributed by atoms with Gasteiger partial charge in [-0.1, -0.05) is 48.5 Å². The predicted molar refractivity (Wildman–Crippen MR) is 126 cm³/mol. The molecule has 0 aliphatic carbocycles. The average Bonchev–Trinajstić information content (AvgIpc) is 2.93. The van der Waals surface area contributed by atoms with E-state index >= 15 is 0 Å². The second-order valence-corrected chi connectivity index (χ2v) is 8.83. The minimum absolute atomic E-state index is 0.306. The third-order valence-electron chi connectivity index (χ3n) is 5.78. The van der Waals surface area contributed by atoms with Gasteiger partial charge in [-0.25, -0.2) is 13.8 Å². The zero-order valence-corrected chi connectivity index (χ0v) is 19.7. The minimum Gasteiger partial charge on any atom is -0.369 e. The highest BCUT2D eigenvalue weighted by molar-refractivity contribution is 6.19. The van der Waals surface area contributed by atoms with Crippen LogP contribution in [0.4, 0.5) is 27.6 Å². The number of anilines is 1. The summed E-state index contributed by atoms with van der Waals surface area (Å²) < 4.78 is 66.3. The number of para-hydroxylation sites is 1. The average molecular weight is 524 g/mol. The summed E-state index contributed by atoms with van der Waals surface area (Å²) in [5.41, 5.74) is 7.02. The van der Waals surface area contributed by atoms with Gasteiger partial charge in [-0.05, 0) is 19.4 Å². The van der Waals surface area contributed by atoms with Crippen LogP contribution in [0.5, 0.6) is 0 Å². The van der Waals surface area contributed by atoms with E-state index in [2.05, 4.69) is 15.6 Å². The first-order chi connectivity index (χ1) is 17.2. The second kappa shape index (κ2) is 11.1. The number of aliphatic imine (C=N–C) groups is 1. The maximum absolute atomic E-state index is 14.0. The van der Waals surface area contributed by atoms with Crippen molar-refractivity contribution in [2.75, 3.05) is 5.32 Å². The van der Waals surface area contributed by atoms with Gasteiger partial charge in [0.2, 0.25) is 23.9 Å². The van der Waals surface area contributed by atoms with Crippen molar-refractivity contribution >= 4 is 29.1 Å². The number of alkyl halides is 5. The molecule has 2 unspecified atom stereocenters. The van der Waals surface area contributed by atoms with Crippen molar-refractivity contribution in [3.8, 4) is 0 Å². The highest BCUT2D eigenvalue weighted by Crippen LogP contribution is 2.33. The molecule has 4 N–H and O–H groups in total. The summed E-state index contributed by atoms with van der Waals surface area (Å²) in [7, 11) is 0. The number of nitrogens with zero attached hydrogens (tertiary/aromatic N) is 1. The van der Waals surface area contributed by atoms with Gasteiger partial charge in [0, 0.05) is 29.9 Å². The first-order valence-electron chi connectivity index (χ1n) is 11.3. The molecule has 0 fully saturated rings. The van der Waals surface area contributed by atoms with Gasteiger partial charge in [0.25, 0.3) is 5.91 Å².